The predicted molar refractivity (Wildman–Crippen MR) is 57.4 cm³/mol. The first-order valence-corrected chi connectivity index (χ1v) is 2.28. The minimum absolute atomic E-state index is 0. The van der Waals surface area contributed by atoms with Gasteiger partial charge in [0.1, 0.15) is 0 Å². The Kier molecular flexibility index (Phi) is 59.3. The van der Waals surface area contributed by atoms with Crippen molar-refractivity contribution in [2.75, 3.05) is 0 Å². The van der Waals surface area contributed by atoms with Crippen molar-refractivity contribution in [1.82, 2.24) is 0 Å². The normalized spacial score (nSPS) is 9.88. The van der Waals surface area contributed by atoms with E-state index in [0.29, 0.717) is 0 Å². The molecule has 0 aliphatic carbocycles. The Morgan fingerprint density at radius 3 is 0.938 bits per heavy atom. The molecule has 0 saturated heterocycles. The number of aliphatic hydroxyl groups is 2. The first kappa shape index (κ1) is 43.1. The number of hydrogen-bond donors (Lipinski definition) is 4. The molecule has 0 aliphatic heterocycles. The van der Waals surface area contributed by atoms with Crippen molar-refractivity contribution in [2.24, 2.45) is 0 Å². The summed E-state index contributed by atoms with van der Waals surface area (Å²) in [5.74, 6) is -3.54. The van der Waals surface area contributed by atoms with Crippen LogP contribution in [0.4, 0.5) is 0 Å². The number of rotatable bonds is 3. The molecule has 12 heteroatoms. The molecule has 0 bridgehead atoms. The fraction of sp³-hybridized carbons (Fsp3) is 0.500. The van der Waals surface area contributed by atoms with Crippen LogP contribution in [0.15, 0.2) is 0 Å². The minimum atomic E-state index is -2.27. The van der Waals surface area contributed by atoms with Crippen LogP contribution in [0.5, 0.6) is 0 Å². The van der Waals surface area contributed by atoms with Crippen molar-refractivity contribution in [2.45, 2.75) is 12.2 Å². The summed E-state index contributed by atoms with van der Waals surface area (Å²) < 4.78 is 0. The van der Waals surface area contributed by atoms with Gasteiger partial charge in [0.05, 0.1) is 0 Å². The number of hydrogen-bond acceptors (Lipinski definition) is 4. The van der Waals surface area contributed by atoms with Crippen LogP contribution in [0, 0.1) is 0 Å². The van der Waals surface area contributed by atoms with Gasteiger partial charge in [0.25, 0.3) is 0 Å². The second kappa shape index (κ2) is 22.0. The Labute approximate surface area is 170 Å². The second-order valence-corrected chi connectivity index (χ2v) is 1.57. The van der Waals surface area contributed by atoms with Crippen molar-refractivity contribution in [3.63, 3.8) is 0 Å². The molecule has 0 aromatic heterocycles. The van der Waals surface area contributed by atoms with Crippen LogP contribution < -0.4 is 0 Å². The molecule has 16 heavy (non-hydrogen) atoms. The van der Waals surface area contributed by atoms with Crippen LogP contribution in [0.25, 0.3) is 0 Å². The second-order valence-electron chi connectivity index (χ2n) is 1.57. The van der Waals surface area contributed by atoms with Gasteiger partial charge in [-0.3, -0.25) is 0 Å². The molecule has 0 spiro atoms. The zero-order chi connectivity index (χ0) is 8.31. The number of carboxylic acid groups (broad SMARTS) is 2. The molecule has 96 valence electrons. The Balaban J connectivity index is -0.0000000270. The third kappa shape index (κ3) is 18.2. The summed E-state index contributed by atoms with van der Waals surface area (Å²) >= 11 is 0. The van der Waals surface area contributed by atoms with Gasteiger partial charge in [-0.25, -0.2) is 9.59 Å². The number of carbonyl (C=O) groups is 2. The van der Waals surface area contributed by atoms with E-state index in [4.69, 9.17) is 20.4 Å². The molecule has 0 rings (SSSR count). The SMILES string of the molecule is O.O.O.O.O=C(O)C(O)C(O)C(=O)O.[KH].[SrH2]. The molecule has 10 nitrogen and oxygen atoms in total. The van der Waals surface area contributed by atoms with Crippen molar-refractivity contribution in [3.05, 3.63) is 0 Å². The first-order chi connectivity index (χ1) is 4.46. The Hall–Kier alpha value is 1.82. The van der Waals surface area contributed by atoms with E-state index >= 15 is 0 Å². The fourth-order valence-electron chi connectivity index (χ4n) is 0.270. The standard InChI is InChI=1S/C4H6O6.K.4H2O.Sr.3H/c5-1(3(7)8)2(6)4(9)10;;;;;;;;;/h1-2,5-6H,(H,7,8)(H,9,10);;4*1H2;;;;. The van der Waals surface area contributed by atoms with Gasteiger partial charge in [-0.05, 0) is 0 Å². The summed E-state index contributed by atoms with van der Waals surface area (Å²) in [7, 11) is 0. The molecular formula is C4H17KO10Sr. The fourth-order valence-corrected chi connectivity index (χ4v) is 0.270. The number of carboxylic acids is 2. The van der Waals surface area contributed by atoms with E-state index in [-0.39, 0.29) is 119 Å². The molecular weight excluding hydrogens is 335 g/mol. The third-order valence-electron chi connectivity index (χ3n) is 0.805. The van der Waals surface area contributed by atoms with E-state index in [1.807, 2.05) is 0 Å². The van der Waals surface area contributed by atoms with Crippen LogP contribution in [-0.4, -0.2) is 163 Å². The zero-order valence-corrected chi connectivity index (χ0v) is 6.76. The van der Waals surface area contributed by atoms with Crippen molar-refractivity contribution >= 4 is 109 Å². The molecule has 2 atom stereocenters. The van der Waals surface area contributed by atoms with Gasteiger partial charge in [-0.15, -0.1) is 0 Å². The molecule has 12 N–H and O–H groups in total. The average molecular weight is 352 g/mol. The number of aliphatic hydroxyl groups excluding tert-OH is 2. The summed E-state index contributed by atoms with van der Waals surface area (Å²) in [5.41, 5.74) is 0. The van der Waals surface area contributed by atoms with E-state index in [2.05, 4.69) is 0 Å². The molecule has 0 aromatic carbocycles. The Morgan fingerprint density at radius 2 is 0.875 bits per heavy atom. The monoisotopic (exact) mass is 352 g/mol. The van der Waals surface area contributed by atoms with Crippen LogP contribution in [0.3, 0.4) is 0 Å². The van der Waals surface area contributed by atoms with Crippen LogP contribution >= 0.6 is 0 Å². The summed E-state index contributed by atoms with van der Waals surface area (Å²) in [6.45, 7) is 0. The average Bonchev–Trinajstić information content (AvgIpc) is 1.84. The van der Waals surface area contributed by atoms with E-state index in [1.54, 1.807) is 0 Å². The maximum absolute atomic E-state index is 9.77. The Bertz CT molecular complexity index is 147. The summed E-state index contributed by atoms with van der Waals surface area (Å²) in [4.78, 5) is 19.5. The molecule has 0 aliphatic rings. The van der Waals surface area contributed by atoms with Crippen molar-refractivity contribution < 1.29 is 51.9 Å². The van der Waals surface area contributed by atoms with Crippen LogP contribution in [-0.2, 0) is 9.59 Å². The van der Waals surface area contributed by atoms with Crippen molar-refractivity contribution in [3.8, 4) is 0 Å². The van der Waals surface area contributed by atoms with E-state index in [1.165, 1.54) is 0 Å². The Morgan fingerprint density at radius 1 is 0.750 bits per heavy atom. The van der Waals surface area contributed by atoms with Gasteiger partial charge < -0.3 is 42.3 Å². The van der Waals surface area contributed by atoms with Gasteiger partial charge in [-0.1, -0.05) is 0 Å². The molecule has 0 heterocycles. The maximum atomic E-state index is 9.77. The van der Waals surface area contributed by atoms with E-state index in [0.717, 1.165) is 0 Å². The van der Waals surface area contributed by atoms with Gasteiger partial charge in [0, 0.05) is 0 Å². The quantitative estimate of drug-likeness (QED) is 0.359. The topological polar surface area (TPSA) is 241 Å². The number of aliphatic carboxylic acids is 2. The first-order valence-electron chi connectivity index (χ1n) is 2.28. The van der Waals surface area contributed by atoms with E-state index < -0.39 is 24.1 Å². The van der Waals surface area contributed by atoms with Gasteiger partial charge >= 0.3 is 109 Å². The zero-order valence-electron chi connectivity index (χ0n) is 6.76. The third-order valence-corrected chi connectivity index (χ3v) is 0.805. The van der Waals surface area contributed by atoms with E-state index in [9.17, 15) is 9.59 Å². The van der Waals surface area contributed by atoms with Crippen LogP contribution in [0.2, 0.25) is 0 Å². The van der Waals surface area contributed by atoms with Gasteiger partial charge in [0.2, 0.25) is 0 Å². The van der Waals surface area contributed by atoms with Crippen LogP contribution in [0.1, 0.15) is 0 Å². The van der Waals surface area contributed by atoms with Gasteiger partial charge in [-0.2, -0.15) is 0 Å². The molecule has 2 unspecified atom stereocenters. The predicted octanol–water partition coefficient (Wildman–Crippen LogP) is -6.99. The summed E-state index contributed by atoms with van der Waals surface area (Å²) in [5, 5.41) is 32.5. The molecule has 0 amide bonds. The summed E-state index contributed by atoms with van der Waals surface area (Å²) in [6.07, 6.45) is -4.53. The molecule has 0 radical (unpaired) electrons. The molecule has 0 fully saturated rings. The van der Waals surface area contributed by atoms with Crippen molar-refractivity contribution in [1.29, 1.82) is 0 Å². The summed E-state index contributed by atoms with van der Waals surface area (Å²) in [6, 6.07) is 0. The van der Waals surface area contributed by atoms with Gasteiger partial charge in [0.15, 0.2) is 12.2 Å². The molecule has 0 aromatic rings. The molecule has 0 saturated carbocycles.